The normalized spacial score (nSPS) is 22.0. The van der Waals surface area contributed by atoms with Crippen molar-refractivity contribution in [2.24, 2.45) is 0 Å². The molecule has 0 bridgehead atoms. The van der Waals surface area contributed by atoms with Crippen LogP contribution in [0.15, 0.2) is 66.4 Å². The lowest BCUT2D eigenvalue weighted by atomic mass is 9.79. The molecule has 5 heteroatoms. The Morgan fingerprint density at radius 3 is 2.23 bits per heavy atom. The van der Waals surface area contributed by atoms with Crippen molar-refractivity contribution in [3.05, 3.63) is 77.5 Å². The molecular weight excluding hydrogens is 339 g/mol. The van der Waals surface area contributed by atoms with Crippen molar-refractivity contribution in [1.82, 2.24) is 0 Å². The van der Waals surface area contributed by atoms with Crippen LogP contribution in [0.3, 0.4) is 0 Å². The number of alkyl halides is 3. The quantitative estimate of drug-likeness (QED) is 0.689. The van der Waals surface area contributed by atoms with E-state index in [9.17, 15) is 18.0 Å². The van der Waals surface area contributed by atoms with Gasteiger partial charge in [-0.2, -0.15) is 13.2 Å². The highest BCUT2D eigenvalue weighted by Crippen LogP contribution is 2.41. The lowest BCUT2D eigenvalue weighted by molar-refractivity contribution is -0.137. The maximum Gasteiger partial charge on any atom is 0.416 e. The van der Waals surface area contributed by atoms with Crippen molar-refractivity contribution in [2.45, 2.75) is 31.4 Å². The van der Waals surface area contributed by atoms with Gasteiger partial charge in [0.2, 0.25) is 0 Å². The molecule has 0 saturated heterocycles. The number of allylic oxidation sites excluding steroid dienone is 1. The van der Waals surface area contributed by atoms with E-state index in [0.29, 0.717) is 24.0 Å². The fraction of sp³-hybridized carbons (Fsp3) is 0.286. The van der Waals surface area contributed by atoms with Crippen LogP contribution in [-0.2, 0) is 16.4 Å². The minimum atomic E-state index is -4.37. The van der Waals surface area contributed by atoms with Crippen molar-refractivity contribution >= 4 is 11.5 Å². The van der Waals surface area contributed by atoms with E-state index in [1.165, 1.54) is 12.1 Å². The molecule has 136 valence electrons. The molecule has 1 atom stereocenters. The summed E-state index contributed by atoms with van der Waals surface area (Å²) in [5.41, 5.74) is 0.804. The summed E-state index contributed by atoms with van der Waals surface area (Å²) in [7, 11) is 1.88. The largest absolute Gasteiger partial charge is 0.416 e. The third-order valence-corrected chi connectivity index (χ3v) is 5.05. The van der Waals surface area contributed by atoms with Crippen LogP contribution >= 0.6 is 0 Å². The highest BCUT2D eigenvalue weighted by molar-refractivity contribution is 6.05. The number of carbonyl (C=O) groups is 1. The molecule has 2 aromatic rings. The van der Waals surface area contributed by atoms with Crippen LogP contribution in [0.25, 0.3) is 0 Å². The zero-order chi connectivity index (χ0) is 18.9. The summed E-state index contributed by atoms with van der Waals surface area (Å²) in [6, 6.07) is 14.6. The molecule has 1 unspecified atom stereocenters. The van der Waals surface area contributed by atoms with Gasteiger partial charge in [0.05, 0.1) is 11.0 Å². The molecule has 1 aliphatic carbocycles. The number of hydrogen-bond acceptors (Lipinski definition) is 2. The lowest BCUT2D eigenvalue weighted by Gasteiger charge is -2.23. The summed E-state index contributed by atoms with van der Waals surface area (Å²) < 4.78 is 38.3. The van der Waals surface area contributed by atoms with Gasteiger partial charge in [-0.1, -0.05) is 30.3 Å². The Morgan fingerprint density at radius 1 is 1.04 bits per heavy atom. The Labute approximate surface area is 150 Å². The van der Waals surface area contributed by atoms with Crippen LogP contribution in [0.5, 0.6) is 0 Å². The molecule has 3 rings (SSSR count). The average molecular weight is 359 g/mol. The van der Waals surface area contributed by atoms with E-state index >= 15 is 0 Å². The maximum absolute atomic E-state index is 13.0. The van der Waals surface area contributed by atoms with E-state index in [-0.39, 0.29) is 5.78 Å². The van der Waals surface area contributed by atoms with E-state index in [2.05, 4.69) is 0 Å². The van der Waals surface area contributed by atoms with E-state index in [1.807, 2.05) is 48.5 Å². The van der Waals surface area contributed by atoms with Gasteiger partial charge in [0, 0.05) is 24.5 Å². The third kappa shape index (κ3) is 3.39. The number of para-hydroxylation sites is 1. The second kappa shape index (κ2) is 6.63. The highest BCUT2D eigenvalue weighted by atomic mass is 19.4. The number of carbonyl (C=O) groups excluding carboxylic acids is 1. The van der Waals surface area contributed by atoms with Crippen molar-refractivity contribution in [2.75, 3.05) is 11.9 Å². The summed E-state index contributed by atoms with van der Waals surface area (Å²) in [4.78, 5) is 14.9. The molecule has 0 heterocycles. The van der Waals surface area contributed by atoms with Crippen LogP contribution in [0, 0.1) is 0 Å². The van der Waals surface area contributed by atoms with Gasteiger partial charge in [-0.3, -0.25) is 4.79 Å². The molecule has 0 N–H and O–H groups in total. The fourth-order valence-corrected chi connectivity index (χ4v) is 3.36. The average Bonchev–Trinajstić information content (AvgIpc) is 2.91. The van der Waals surface area contributed by atoms with Gasteiger partial charge in [-0.15, -0.1) is 0 Å². The number of nitrogens with zero attached hydrogens (tertiary/aromatic N) is 1. The van der Waals surface area contributed by atoms with Gasteiger partial charge in [-0.25, -0.2) is 0 Å². The van der Waals surface area contributed by atoms with E-state index in [1.54, 1.807) is 6.92 Å². The molecule has 2 nitrogen and oxygen atoms in total. The summed E-state index contributed by atoms with van der Waals surface area (Å²) in [5.74, 6) is -0.0277. The molecule has 0 radical (unpaired) electrons. The van der Waals surface area contributed by atoms with E-state index in [4.69, 9.17) is 0 Å². The molecule has 1 aliphatic rings. The summed E-state index contributed by atoms with van der Waals surface area (Å²) in [6.45, 7) is 1.81. The number of ketones is 1. The summed E-state index contributed by atoms with van der Waals surface area (Å²) in [5, 5.41) is 0. The Balaban J connectivity index is 1.84. The predicted octanol–water partition coefficient (Wildman–Crippen LogP) is 5.35. The van der Waals surface area contributed by atoms with E-state index < -0.39 is 17.2 Å². The van der Waals surface area contributed by atoms with Crippen LogP contribution in [0.2, 0.25) is 0 Å². The Kier molecular flexibility index (Phi) is 4.65. The Hall–Kier alpha value is -2.56. The van der Waals surface area contributed by atoms with Crippen LogP contribution in [0.4, 0.5) is 18.9 Å². The topological polar surface area (TPSA) is 20.3 Å². The first-order chi connectivity index (χ1) is 12.2. The number of anilines is 1. The molecule has 2 aromatic carbocycles. The zero-order valence-electron chi connectivity index (χ0n) is 14.7. The number of rotatable bonds is 3. The van der Waals surface area contributed by atoms with Gasteiger partial charge in [0.15, 0.2) is 5.78 Å². The van der Waals surface area contributed by atoms with Crippen molar-refractivity contribution in [3.8, 4) is 0 Å². The van der Waals surface area contributed by atoms with Crippen LogP contribution in [-0.4, -0.2) is 12.8 Å². The number of hydrogen-bond donors (Lipinski definition) is 0. The van der Waals surface area contributed by atoms with Crippen molar-refractivity contribution in [1.29, 1.82) is 0 Å². The molecular formula is C21H20F3NO. The molecule has 0 spiro atoms. The Bertz CT molecular complexity index is 825. The lowest BCUT2D eigenvalue weighted by Crippen LogP contribution is -2.28. The summed E-state index contributed by atoms with van der Waals surface area (Å²) >= 11 is 0. The van der Waals surface area contributed by atoms with Crippen LogP contribution in [0.1, 0.15) is 30.9 Å². The molecule has 1 fully saturated rings. The van der Waals surface area contributed by atoms with Crippen LogP contribution < -0.4 is 4.90 Å². The summed E-state index contributed by atoms with van der Waals surface area (Å²) in [6.07, 6.45) is -1.35. The number of benzene rings is 2. The van der Waals surface area contributed by atoms with Gasteiger partial charge in [0.25, 0.3) is 0 Å². The molecule has 1 saturated carbocycles. The van der Waals surface area contributed by atoms with Gasteiger partial charge in [-0.05, 0) is 49.6 Å². The highest BCUT2D eigenvalue weighted by Gasteiger charge is 2.42. The number of halogens is 3. The van der Waals surface area contributed by atoms with Gasteiger partial charge < -0.3 is 4.90 Å². The smallest absolute Gasteiger partial charge is 0.351 e. The minimum Gasteiger partial charge on any atom is -0.351 e. The SMILES string of the molecule is CN(/C=C1/CCC(C)(c2ccc(C(F)(F)F)cc2)C1=O)c1ccccc1. The van der Waals surface area contributed by atoms with Gasteiger partial charge in [0.1, 0.15) is 0 Å². The second-order valence-corrected chi connectivity index (χ2v) is 6.84. The molecule has 0 amide bonds. The fourth-order valence-electron chi connectivity index (χ4n) is 3.36. The van der Waals surface area contributed by atoms with Gasteiger partial charge >= 0.3 is 6.18 Å². The second-order valence-electron chi connectivity index (χ2n) is 6.84. The first-order valence-corrected chi connectivity index (χ1v) is 8.43. The van der Waals surface area contributed by atoms with E-state index in [0.717, 1.165) is 17.8 Å². The first-order valence-electron chi connectivity index (χ1n) is 8.43. The van der Waals surface area contributed by atoms with Crippen molar-refractivity contribution in [3.63, 3.8) is 0 Å². The predicted molar refractivity (Wildman–Crippen MR) is 96.0 cm³/mol. The van der Waals surface area contributed by atoms with Crippen molar-refractivity contribution < 1.29 is 18.0 Å². The molecule has 26 heavy (non-hydrogen) atoms. The Morgan fingerprint density at radius 2 is 1.65 bits per heavy atom. The molecule has 0 aliphatic heterocycles. The third-order valence-electron chi connectivity index (χ3n) is 5.05. The maximum atomic E-state index is 13.0. The standard InChI is InChI=1S/C21H20F3NO/c1-20(16-8-10-17(11-9-16)21(22,23)24)13-12-15(19(20)26)14-25(2)18-6-4-3-5-7-18/h3-11,14H,12-13H2,1-2H3/b15-14-. The zero-order valence-corrected chi connectivity index (χ0v) is 14.7. The molecule has 0 aromatic heterocycles. The first kappa shape index (κ1) is 18.2. The monoisotopic (exact) mass is 359 g/mol. The number of Topliss-reactive ketones (excluding diaryl/α,β-unsaturated/α-hetero) is 1. The minimum absolute atomic E-state index is 0.0277.